The van der Waals surface area contributed by atoms with E-state index in [9.17, 15) is 0 Å². The molecule has 0 radical (unpaired) electrons. The van der Waals surface area contributed by atoms with Gasteiger partial charge in [0.25, 0.3) is 0 Å². The number of methoxy groups -OCH3 is 1. The van der Waals surface area contributed by atoms with Crippen molar-refractivity contribution in [3.05, 3.63) is 35.4 Å². The summed E-state index contributed by atoms with van der Waals surface area (Å²) in [5.74, 6) is 0.258. The minimum absolute atomic E-state index is 0.258. The number of hydrogen-bond acceptors (Lipinski definition) is 4. The molecule has 0 amide bonds. The average molecular weight is 279 g/mol. The molecule has 0 aliphatic carbocycles. The van der Waals surface area contributed by atoms with Crippen molar-refractivity contribution in [2.45, 2.75) is 26.3 Å². The fourth-order valence-corrected chi connectivity index (χ4v) is 1.95. The third-order valence-corrected chi connectivity index (χ3v) is 3.26. The molecule has 0 fully saturated rings. The summed E-state index contributed by atoms with van der Waals surface area (Å²) in [5, 5.41) is 11.6. The lowest BCUT2D eigenvalue weighted by atomic mass is 10.1. The van der Waals surface area contributed by atoms with Crippen molar-refractivity contribution in [3.63, 3.8) is 0 Å². The predicted octanol–water partition coefficient (Wildman–Crippen LogP) is 1.83. The molecular weight excluding hydrogens is 254 g/mol. The number of hydrogen-bond donors (Lipinski definition) is 2. The highest BCUT2D eigenvalue weighted by Crippen LogP contribution is 2.08. The van der Waals surface area contributed by atoms with Gasteiger partial charge >= 0.3 is 0 Å². The molecule has 5 heteroatoms. The second kappa shape index (κ2) is 9.34. The Morgan fingerprint density at radius 3 is 2.45 bits per heavy atom. The number of benzene rings is 1. The molecule has 1 aromatic carbocycles. The van der Waals surface area contributed by atoms with Crippen LogP contribution in [0.1, 0.15) is 24.5 Å². The Morgan fingerprint density at radius 1 is 1.25 bits per heavy atom. The molecule has 0 atom stereocenters. The summed E-state index contributed by atoms with van der Waals surface area (Å²) < 4.78 is 5.13. The van der Waals surface area contributed by atoms with Gasteiger partial charge in [0.1, 0.15) is 5.84 Å². The first-order chi connectivity index (χ1) is 9.69. The van der Waals surface area contributed by atoms with Gasteiger partial charge in [-0.25, -0.2) is 0 Å². The summed E-state index contributed by atoms with van der Waals surface area (Å²) in [6.45, 7) is 5.23. The minimum atomic E-state index is 0.258. The Bertz CT molecular complexity index is 404. The zero-order valence-electron chi connectivity index (χ0n) is 12.4. The number of nitrogens with zero attached hydrogens (tertiary/aromatic N) is 2. The predicted molar refractivity (Wildman–Crippen MR) is 81.0 cm³/mol. The molecule has 0 aliphatic rings. The molecule has 0 spiro atoms. The van der Waals surface area contributed by atoms with Crippen molar-refractivity contribution in [2.75, 3.05) is 26.8 Å². The molecular formula is C15H25N3O2. The fraction of sp³-hybridized carbons (Fsp3) is 0.533. The number of nitrogens with two attached hydrogens (primary N) is 1. The molecule has 20 heavy (non-hydrogen) atoms. The quantitative estimate of drug-likeness (QED) is 0.313. The Balaban J connectivity index is 2.57. The summed E-state index contributed by atoms with van der Waals surface area (Å²) >= 11 is 0. The molecule has 0 saturated heterocycles. The molecule has 0 unspecified atom stereocenters. The molecule has 3 N–H and O–H groups in total. The highest BCUT2D eigenvalue weighted by atomic mass is 16.5. The summed E-state index contributed by atoms with van der Waals surface area (Å²) in [6.07, 6.45) is 1.60. The number of amidine groups is 1. The Labute approximate surface area is 121 Å². The maximum Gasteiger partial charge on any atom is 0.140 e. The van der Waals surface area contributed by atoms with E-state index in [2.05, 4.69) is 41.2 Å². The van der Waals surface area contributed by atoms with Crippen LogP contribution in [0.15, 0.2) is 29.4 Å². The van der Waals surface area contributed by atoms with Gasteiger partial charge in [0, 0.05) is 33.2 Å². The first-order valence-corrected chi connectivity index (χ1v) is 6.95. The first-order valence-electron chi connectivity index (χ1n) is 6.95. The van der Waals surface area contributed by atoms with E-state index in [1.165, 1.54) is 11.1 Å². The highest BCUT2D eigenvalue weighted by Gasteiger charge is 2.07. The van der Waals surface area contributed by atoms with E-state index in [-0.39, 0.29) is 5.84 Å². The maximum absolute atomic E-state index is 8.59. The van der Waals surface area contributed by atoms with Gasteiger partial charge in [-0.1, -0.05) is 36.3 Å². The van der Waals surface area contributed by atoms with E-state index in [1.807, 2.05) is 0 Å². The monoisotopic (exact) mass is 279 g/mol. The summed E-state index contributed by atoms with van der Waals surface area (Å²) in [6, 6.07) is 8.63. The molecule has 0 aliphatic heterocycles. The van der Waals surface area contributed by atoms with Gasteiger partial charge in [-0.15, -0.1) is 0 Å². The first kappa shape index (κ1) is 16.5. The van der Waals surface area contributed by atoms with E-state index in [0.717, 1.165) is 26.1 Å². The molecule has 0 aromatic heterocycles. The van der Waals surface area contributed by atoms with Gasteiger partial charge in [-0.2, -0.15) is 0 Å². The summed E-state index contributed by atoms with van der Waals surface area (Å²) in [5.41, 5.74) is 8.13. The summed E-state index contributed by atoms with van der Waals surface area (Å²) in [4.78, 5) is 2.24. The number of oxime groups is 1. The van der Waals surface area contributed by atoms with Gasteiger partial charge in [-0.3, -0.25) is 4.90 Å². The van der Waals surface area contributed by atoms with E-state index in [0.29, 0.717) is 13.0 Å². The van der Waals surface area contributed by atoms with Crippen molar-refractivity contribution >= 4 is 5.84 Å². The van der Waals surface area contributed by atoms with Crippen LogP contribution in [-0.4, -0.2) is 42.7 Å². The van der Waals surface area contributed by atoms with Gasteiger partial charge in [0.15, 0.2) is 0 Å². The van der Waals surface area contributed by atoms with E-state index < -0.39 is 0 Å². The van der Waals surface area contributed by atoms with E-state index >= 15 is 0 Å². The molecule has 0 saturated carbocycles. The normalized spacial score (nSPS) is 12.1. The van der Waals surface area contributed by atoms with Crippen molar-refractivity contribution in [3.8, 4) is 0 Å². The van der Waals surface area contributed by atoms with Crippen LogP contribution < -0.4 is 5.73 Å². The number of aryl methyl sites for hydroxylation is 1. The Kier molecular flexibility index (Phi) is 7.69. The second-order valence-corrected chi connectivity index (χ2v) is 4.78. The van der Waals surface area contributed by atoms with Crippen molar-refractivity contribution in [2.24, 2.45) is 10.9 Å². The Morgan fingerprint density at radius 2 is 1.90 bits per heavy atom. The van der Waals surface area contributed by atoms with Gasteiger partial charge in [0.05, 0.1) is 6.61 Å². The molecule has 0 bridgehead atoms. The Hall–Kier alpha value is -1.59. The average Bonchev–Trinajstić information content (AvgIpc) is 2.50. The standard InChI is InChI=1S/C15H25N3O2/c1-3-13-4-6-14(7-5-13)12-18(10-11-20-2)9-8-15(16)17-19/h4-7,19H,3,8-12H2,1-2H3,(H2,16,17). The maximum atomic E-state index is 8.59. The van der Waals surface area contributed by atoms with Crippen LogP contribution in [0.4, 0.5) is 0 Å². The van der Waals surface area contributed by atoms with Crippen LogP contribution in [0.25, 0.3) is 0 Å². The van der Waals surface area contributed by atoms with Gasteiger partial charge in [0.2, 0.25) is 0 Å². The summed E-state index contributed by atoms with van der Waals surface area (Å²) in [7, 11) is 1.69. The third kappa shape index (κ3) is 6.04. The SMILES string of the molecule is CCc1ccc(CN(CCOC)CCC(N)=NO)cc1. The van der Waals surface area contributed by atoms with Crippen LogP contribution in [0.3, 0.4) is 0 Å². The molecule has 5 nitrogen and oxygen atoms in total. The van der Waals surface area contributed by atoms with Gasteiger partial charge in [-0.05, 0) is 17.5 Å². The number of ether oxygens (including phenoxy) is 1. The third-order valence-electron chi connectivity index (χ3n) is 3.26. The van der Waals surface area contributed by atoms with Crippen molar-refractivity contribution in [1.29, 1.82) is 0 Å². The zero-order valence-corrected chi connectivity index (χ0v) is 12.4. The second-order valence-electron chi connectivity index (χ2n) is 4.78. The lowest BCUT2D eigenvalue weighted by molar-refractivity contribution is 0.145. The van der Waals surface area contributed by atoms with Crippen LogP contribution >= 0.6 is 0 Å². The highest BCUT2D eigenvalue weighted by molar-refractivity contribution is 5.79. The number of rotatable bonds is 9. The molecule has 112 valence electrons. The van der Waals surface area contributed by atoms with Crippen LogP contribution in [-0.2, 0) is 17.7 Å². The van der Waals surface area contributed by atoms with Crippen LogP contribution in [0.5, 0.6) is 0 Å². The largest absolute Gasteiger partial charge is 0.409 e. The lowest BCUT2D eigenvalue weighted by Crippen LogP contribution is -2.30. The van der Waals surface area contributed by atoms with Crippen molar-refractivity contribution < 1.29 is 9.94 Å². The van der Waals surface area contributed by atoms with Crippen molar-refractivity contribution in [1.82, 2.24) is 4.90 Å². The molecule has 0 heterocycles. The van der Waals surface area contributed by atoms with Gasteiger partial charge < -0.3 is 15.7 Å². The van der Waals surface area contributed by atoms with Crippen LogP contribution in [0, 0.1) is 0 Å². The van der Waals surface area contributed by atoms with E-state index in [4.69, 9.17) is 15.7 Å². The molecule has 1 aromatic rings. The smallest absolute Gasteiger partial charge is 0.140 e. The topological polar surface area (TPSA) is 71.1 Å². The lowest BCUT2D eigenvalue weighted by Gasteiger charge is -2.21. The minimum Gasteiger partial charge on any atom is -0.409 e. The molecule has 1 rings (SSSR count). The van der Waals surface area contributed by atoms with E-state index in [1.54, 1.807) is 7.11 Å². The zero-order chi connectivity index (χ0) is 14.8. The van der Waals surface area contributed by atoms with Crippen LogP contribution in [0.2, 0.25) is 0 Å². The fourth-order valence-electron chi connectivity index (χ4n) is 1.95.